The van der Waals surface area contributed by atoms with Gasteiger partial charge >= 0.3 is 0 Å². The second kappa shape index (κ2) is 5.99. The fraction of sp³-hybridized carbons (Fsp3) is 0.222. The summed E-state index contributed by atoms with van der Waals surface area (Å²) in [6.07, 6.45) is 0. The molecule has 0 aliphatic heterocycles. The van der Waals surface area contributed by atoms with Gasteiger partial charge in [0.15, 0.2) is 5.78 Å². The van der Waals surface area contributed by atoms with E-state index >= 15 is 0 Å². The zero-order valence-corrected chi connectivity index (χ0v) is 13.9. The number of hydrogen-bond donors (Lipinski definition) is 1. The van der Waals surface area contributed by atoms with Gasteiger partial charge in [0.1, 0.15) is 4.33 Å². The lowest BCUT2D eigenvalue weighted by atomic mass is 10.1. The summed E-state index contributed by atoms with van der Waals surface area (Å²) in [5, 5.41) is 2.79. The zero-order chi connectivity index (χ0) is 16.6. The van der Waals surface area contributed by atoms with Crippen LogP contribution < -0.4 is 5.32 Å². The smallest absolute Gasteiger partial charge is 0.231 e. The molecule has 1 aliphatic carbocycles. The summed E-state index contributed by atoms with van der Waals surface area (Å²) in [7, 11) is 0. The van der Waals surface area contributed by atoms with Gasteiger partial charge in [-0.3, -0.25) is 9.59 Å². The number of benzene rings is 2. The molecule has 0 heterocycles. The van der Waals surface area contributed by atoms with E-state index in [1.807, 2.05) is 30.3 Å². The summed E-state index contributed by atoms with van der Waals surface area (Å²) in [6, 6.07) is 16.3. The van der Waals surface area contributed by atoms with Crippen molar-refractivity contribution in [2.75, 3.05) is 5.32 Å². The van der Waals surface area contributed by atoms with E-state index in [-0.39, 0.29) is 17.6 Å². The number of ketones is 1. The second-order valence-electron chi connectivity index (χ2n) is 5.67. The lowest BCUT2D eigenvalue weighted by Gasteiger charge is -2.06. The molecule has 1 saturated carbocycles. The third-order valence-corrected chi connectivity index (χ3v) is 4.97. The lowest BCUT2D eigenvalue weighted by Crippen LogP contribution is -2.17. The van der Waals surface area contributed by atoms with E-state index in [0.717, 1.165) is 5.56 Å². The van der Waals surface area contributed by atoms with Crippen molar-refractivity contribution in [3.63, 3.8) is 0 Å². The summed E-state index contributed by atoms with van der Waals surface area (Å²) in [5.41, 5.74) is 2.04. The number of halogens is 2. The number of anilines is 1. The van der Waals surface area contributed by atoms with E-state index in [2.05, 4.69) is 5.32 Å². The van der Waals surface area contributed by atoms with Crippen LogP contribution in [0.1, 0.15) is 28.8 Å². The topological polar surface area (TPSA) is 46.2 Å². The van der Waals surface area contributed by atoms with E-state index in [4.69, 9.17) is 23.2 Å². The summed E-state index contributed by atoms with van der Waals surface area (Å²) in [6.45, 7) is 1.48. The van der Waals surface area contributed by atoms with E-state index in [1.165, 1.54) is 6.92 Å². The molecule has 5 heteroatoms. The quantitative estimate of drug-likeness (QED) is 0.657. The summed E-state index contributed by atoms with van der Waals surface area (Å²) < 4.78 is -1.11. The molecule has 3 nitrogen and oxygen atoms in total. The maximum Gasteiger partial charge on any atom is 0.231 e. The standard InChI is InChI=1S/C18H15Cl2NO2/c1-11(22)13-8-5-9-14(10-13)21-17(23)16-15(18(16,19)20)12-6-3-2-4-7-12/h2-10,15-16H,1H3,(H,21,23)/t15-,16-/m0/s1. The van der Waals surface area contributed by atoms with Gasteiger partial charge < -0.3 is 5.32 Å². The third-order valence-electron chi connectivity index (χ3n) is 4.03. The molecule has 0 radical (unpaired) electrons. The molecule has 118 valence electrons. The van der Waals surface area contributed by atoms with E-state index in [0.29, 0.717) is 11.3 Å². The molecular weight excluding hydrogens is 333 g/mol. The monoisotopic (exact) mass is 347 g/mol. The summed E-state index contributed by atoms with van der Waals surface area (Å²) in [5.74, 6) is -1.06. The normalized spacial score (nSPS) is 21.5. The van der Waals surface area contributed by atoms with Crippen LogP contribution in [0.15, 0.2) is 54.6 Å². The molecule has 1 N–H and O–H groups in total. The Balaban J connectivity index is 1.77. The van der Waals surface area contributed by atoms with Gasteiger partial charge in [-0.2, -0.15) is 0 Å². The van der Waals surface area contributed by atoms with Crippen molar-refractivity contribution in [3.8, 4) is 0 Å². The highest BCUT2D eigenvalue weighted by atomic mass is 35.5. The van der Waals surface area contributed by atoms with E-state index in [1.54, 1.807) is 24.3 Å². The fourth-order valence-corrected chi connectivity index (χ4v) is 3.59. The Hall–Kier alpha value is -1.84. The van der Waals surface area contributed by atoms with Crippen molar-refractivity contribution in [2.45, 2.75) is 17.2 Å². The minimum absolute atomic E-state index is 0.0567. The van der Waals surface area contributed by atoms with Gasteiger partial charge in [0, 0.05) is 17.2 Å². The van der Waals surface area contributed by atoms with Crippen molar-refractivity contribution in [1.82, 2.24) is 0 Å². The molecule has 1 aliphatic rings. The molecule has 0 aromatic heterocycles. The first-order valence-electron chi connectivity index (χ1n) is 7.26. The highest BCUT2D eigenvalue weighted by molar-refractivity contribution is 6.53. The van der Waals surface area contributed by atoms with Crippen LogP contribution in [-0.2, 0) is 4.79 Å². The first kappa shape index (κ1) is 16.0. The minimum Gasteiger partial charge on any atom is -0.326 e. The molecule has 0 saturated heterocycles. The Labute approximate surface area is 144 Å². The van der Waals surface area contributed by atoms with Gasteiger partial charge in [0.05, 0.1) is 5.92 Å². The molecule has 3 rings (SSSR count). The van der Waals surface area contributed by atoms with Crippen molar-refractivity contribution in [3.05, 3.63) is 65.7 Å². The maximum atomic E-state index is 12.5. The summed E-state index contributed by atoms with van der Waals surface area (Å²) >= 11 is 12.6. The predicted molar refractivity (Wildman–Crippen MR) is 92.2 cm³/mol. The SMILES string of the molecule is CC(=O)c1cccc(NC(=O)[C@@H]2[C@H](c3ccccc3)C2(Cl)Cl)c1. The molecule has 2 atom stereocenters. The number of hydrogen-bond acceptors (Lipinski definition) is 2. The molecule has 1 amide bonds. The van der Waals surface area contributed by atoms with Gasteiger partial charge in [-0.1, -0.05) is 42.5 Å². The van der Waals surface area contributed by atoms with Crippen LogP contribution >= 0.6 is 23.2 Å². The Bertz CT molecular complexity index is 759. The number of carbonyl (C=O) groups is 2. The predicted octanol–water partition coefficient (Wildman–Crippen LogP) is 4.42. The molecule has 0 unspecified atom stereocenters. The van der Waals surface area contributed by atoms with Crippen LogP contribution in [0.2, 0.25) is 0 Å². The van der Waals surface area contributed by atoms with Crippen molar-refractivity contribution < 1.29 is 9.59 Å². The number of alkyl halides is 2. The average molecular weight is 348 g/mol. The number of rotatable bonds is 4. The van der Waals surface area contributed by atoms with E-state index in [9.17, 15) is 9.59 Å². The third kappa shape index (κ3) is 3.12. The number of nitrogens with one attached hydrogen (secondary N) is 1. The first-order chi connectivity index (χ1) is 10.9. The zero-order valence-electron chi connectivity index (χ0n) is 12.4. The molecular formula is C18H15Cl2NO2. The van der Waals surface area contributed by atoms with Crippen molar-refractivity contribution in [2.24, 2.45) is 5.92 Å². The number of carbonyl (C=O) groups excluding carboxylic acids is 2. The van der Waals surface area contributed by atoms with Crippen LogP contribution in [0.3, 0.4) is 0 Å². The average Bonchev–Trinajstić information content (AvgIpc) is 3.11. The molecule has 2 aromatic rings. The van der Waals surface area contributed by atoms with Crippen LogP contribution in [0, 0.1) is 5.92 Å². The molecule has 0 bridgehead atoms. The molecule has 23 heavy (non-hydrogen) atoms. The van der Waals surface area contributed by atoms with Crippen LogP contribution in [0.5, 0.6) is 0 Å². The Kier molecular flexibility index (Phi) is 4.17. The van der Waals surface area contributed by atoms with Crippen LogP contribution in [0.25, 0.3) is 0 Å². The second-order valence-corrected chi connectivity index (χ2v) is 7.11. The minimum atomic E-state index is -1.11. The van der Waals surface area contributed by atoms with Gasteiger partial charge in [-0.15, -0.1) is 23.2 Å². The maximum absolute atomic E-state index is 12.5. The fourth-order valence-electron chi connectivity index (χ4n) is 2.76. The Morgan fingerprint density at radius 2 is 1.74 bits per heavy atom. The van der Waals surface area contributed by atoms with Gasteiger partial charge in [-0.05, 0) is 24.6 Å². The first-order valence-corrected chi connectivity index (χ1v) is 8.01. The van der Waals surface area contributed by atoms with Gasteiger partial charge in [0.25, 0.3) is 0 Å². The van der Waals surface area contributed by atoms with Gasteiger partial charge in [0.2, 0.25) is 5.91 Å². The largest absolute Gasteiger partial charge is 0.326 e. The van der Waals surface area contributed by atoms with E-state index < -0.39 is 10.3 Å². The van der Waals surface area contributed by atoms with Gasteiger partial charge in [-0.25, -0.2) is 0 Å². The van der Waals surface area contributed by atoms with Crippen molar-refractivity contribution >= 4 is 40.6 Å². The van der Waals surface area contributed by atoms with Crippen molar-refractivity contribution in [1.29, 1.82) is 0 Å². The molecule has 1 fully saturated rings. The molecule has 0 spiro atoms. The Morgan fingerprint density at radius 1 is 1.04 bits per heavy atom. The van der Waals surface area contributed by atoms with Crippen LogP contribution in [0.4, 0.5) is 5.69 Å². The molecule has 2 aromatic carbocycles. The van der Waals surface area contributed by atoms with Crippen LogP contribution in [-0.4, -0.2) is 16.0 Å². The highest BCUT2D eigenvalue weighted by Crippen LogP contribution is 2.65. The number of Topliss-reactive ketones (excluding diaryl/α,β-unsaturated/α-hetero) is 1. The highest BCUT2D eigenvalue weighted by Gasteiger charge is 2.67. The lowest BCUT2D eigenvalue weighted by molar-refractivity contribution is -0.117. The summed E-state index contributed by atoms with van der Waals surface area (Å²) in [4.78, 5) is 23.9. The Morgan fingerprint density at radius 3 is 2.39 bits per heavy atom. The number of amides is 1.